The number of morpholine rings is 1. The highest BCUT2D eigenvalue weighted by molar-refractivity contribution is 6.01. The number of rotatable bonds is 7. The summed E-state index contributed by atoms with van der Waals surface area (Å²) in [5.41, 5.74) is 2.19. The fourth-order valence-electron chi connectivity index (χ4n) is 4.13. The first-order valence-corrected chi connectivity index (χ1v) is 11.3. The van der Waals surface area contributed by atoms with Crippen molar-refractivity contribution in [1.82, 2.24) is 9.88 Å². The molecule has 0 saturated carbocycles. The van der Waals surface area contributed by atoms with Crippen molar-refractivity contribution >= 4 is 35.2 Å². The molecule has 1 aromatic heterocycles. The lowest BCUT2D eigenvalue weighted by Gasteiger charge is -2.27. The summed E-state index contributed by atoms with van der Waals surface area (Å²) >= 11 is 0. The molecule has 3 amide bonds. The van der Waals surface area contributed by atoms with Crippen LogP contribution in [0.15, 0.2) is 54.9 Å². The van der Waals surface area contributed by atoms with Gasteiger partial charge in [-0.3, -0.25) is 19.4 Å². The van der Waals surface area contributed by atoms with Crippen LogP contribution in [0.2, 0.25) is 0 Å². The van der Waals surface area contributed by atoms with Crippen molar-refractivity contribution in [3.8, 4) is 0 Å². The molecule has 0 aliphatic carbocycles. The van der Waals surface area contributed by atoms with Gasteiger partial charge in [0.05, 0.1) is 12.7 Å². The standard InChI is InChI=1S/C25H28N4O5/c1-2-34-21-15-22(29(16-21)23(30)8-3-18-9-11-26-12-10-18)25(32)27-19-4-6-20(7-5-19)28-13-14-33-17-24(28)31/h3-12,21-22H,2,13-17H2,1H3,(H,27,32)/t21-,22-/m1/s1. The molecule has 34 heavy (non-hydrogen) atoms. The van der Waals surface area contributed by atoms with E-state index < -0.39 is 6.04 Å². The molecular weight excluding hydrogens is 436 g/mol. The number of benzene rings is 1. The van der Waals surface area contributed by atoms with Gasteiger partial charge in [0.2, 0.25) is 11.8 Å². The fourth-order valence-corrected chi connectivity index (χ4v) is 4.13. The van der Waals surface area contributed by atoms with Gasteiger partial charge in [-0.15, -0.1) is 0 Å². The number of nitrogens with zero attached hydrogens (tertiary/aromatic N) is 3. The Kier molecular flexibility index (Phi) is 7.66. The Hall–Kier alpha value is -3.56. The first kappa shape index (κ1) is 23.6. The third kappa shape index (κ3) is 5.67. The minimum absolute atomic E-state index is 0.0701. The number of aromatic nitrogens is 1. The van der Waals surface area contributed by atoms with E-state index in [9.17, 15) is 14.4 Å². The maximum atomic E-state index is 13.1. The molecule has 2 aliphatic heterocycles. The lowest BCUT2D eigenvalue weighted by Crippen LogP contribution is -2.42. The van der Waals surface area contributed by atoms with Gasteiger partial charge in [-0.1, -0.05) is 0 Å². The fraction of sp³-hybridized carbons (Fsp3) is 0.360. The van der Waals surface area contributed by atoms with Gasteiger partial charge in [-0.05, 0) is 55.0 Å². The van der Waals surface area contributed by atoms with E-state index in [1.807, 2.05) is 6.92 Å². The molecule has 1 aromatic carbocycles. The zero-order chi connectivity index (χ0) is 23.9. The van der Waals surface area contributed by atoms with Gasteiger partial charge in [0.25, 0.3) is 5.91 Å². The average Bonchev–Trinajstić information content (AvgIpc) is 3.29. The van der Waals surface area contributed by atoms with Gasteiger partial charge in [0.15, 0.2) is 0 Å². The zero-order valence-electron chi connectivity index (χ0n) is 19.1. The first-order chi connectivity index (χ1) is 16.5. The summed E-state index contributed by atoms with van der Waals surface area (Å²) in [4.78, 5) is 45.3. The molecule has 2 atom stereocenters. The number of nitrogens with one attached hydrogen (secondary N) is 1. The molecule has 178 valence electrons. The van der Waals surface area contributed by atoms with Gasteiger partial charge in [-0.25, -0.2) is 0 Å². The van der Waals surface area contributed by atoms with E-state index in [2.05, 4.69) is 10.3 Å². The number of anilines is 2. The third-order valence-electron chi connectivity index (χ3n) is 5.81. The number of ether oxygens (including phenoxy) is 2. The van der Waals surface area contributed by atoms with Crippen LogP contribution in [-0.2, 0) is 23.9 Å². The molecular formula is C25H28N4O5. The maximum absolute atomic E-state index is 13.1. The van der Waals surface area contributed by atoms with Crippen molar-refractivity contribution < 1.29 is 23.9 Å². The summed E-state index contributed by atoms with van der Waals surface area (Å²) < 4.78 is 10.9. The van der Waals surface area contributed by atoms with E-state index in [4.69, 9.17) is 9.47 Å². The molecule has 9 nitrogen and oxygen atoms in total. The number of hydrogen-bond donors (Lipinski definition) is 1. The summed E-state index contributed by atoms with van der Waals surface area (Å²) in [5, 5.41) is 2.90. The molecule has 2 fully saturated rings. The summed E-state index contributed by atoms with van der Waals surface area (Å²) in [5.74, 6) is -0.617. The molecule has 0 unspecified atom stereocenters. The molecule has 0 radical (unpaired) electrons. The Bertz CT molecular complexity index is 1040. The van der Waals surface area contributed by atoms with Crippen molar-refractivity contribution in [2.45, 2.75) is 25.5 Å². The van der Waals surface area contributed by atoms with Crippen LogP contribution in [0, 0.1) is 0 Å². The molecule has 1 N–H and O–H groups in total. The van der Waals surface area contributed by atoms with Gasteiger partial charge in [0.1, 0.15) is 12.6 Å². The van der Waals surface area contributed by atoms with Crippen molar-refractivity contribution in [2.24, 2.45) is 0 Å². The van der Waals surface area contributed by atoms with E-state index in [1.165, 1.54) is 6.08 Å². The second-order valence-electron chi connectivity index (χ2n) is 8.07. The van der Waals surface area contributed by atoms with Crippen LogP contribution < -0.4 is 10.2 Å². The van der Waals surface area contributed by atoms with Crippen molar-refractivity contribution in [3.05, 3.63) is 60.4 Å². The minimum Gasteiger partial charge on any atom is -0.377 e. The van der Waals surface area contributed by atoms with Crippen molar-refractivity contribution in [3.63, 3.8) is 0 Å². The van der Waals surface area contributed by atoms with E-state index in [1.54, 1.807) is 64.7 Å². The monoisotopic (exact) mass is 464 g/mol. The number of carbonyl (C=O) groups is 3. The van der Waals surface area contributed by atoms with E-state index in [0.717, 1.165) is 11.3 Å². The molecule has 2 aliphatic rings. The number of likely N-dealkylation sites (tertiary alicyclic amines) is 1. The minimum atomic E-state index is -0.647. The summed E-state index contributed by atoms with van der Waals surface area (Å²) in [6.07, 6.45) is 6.71. The van der Waals surface area contributed by atoms with Crippen molar-refractivity contribution in [1.29, 1.82) is 0 Å². The van der Waals surface area contributed by atoms with Crippen LogP contribution in [0.25, 0.3) is 6.08 Å². The highest BCUT2D eigenvalue weighted by Crippen LogP contribution is 2.24. The number of pyridine rings is 1. The zero-order valence-corrected chi connectivity index (χ0v) is 19.1. The van der Waals surface area contributed by atoms with E-state index in [0.29, 0.717) is 38.4 Å². The van der Waals surface area contributed by atoms with E-state index in [-0.39, 0.29) is 30.4 Å². The number of carbonyl (C=O) groups excluding carboxylic acids is 3. The molecule has 0 spiro atoms. The SMILES string of the molecule is CCO[C@@H]1C[C@H](C(=O)Nc2ccc(N3CCOCC3=O)cc2)N(C(=O)C=Cc2ccncc2)C1. The molecule has 3 heterocycles. The van der Waals surface area contributed by atoms with Crippen LogP contribution in [-0.4, -0.2) is 72.7 Å². The maximum Gasteiger partial charge on any atom is 0.253 e. The Labute approximate surface area is 198 Å². The van der Waals surface area contributed by atoms with Gasteiger partial charge in [-0.2, -0.15) is 0 Å². The first-order valence-electron chi connectivity index (χ1n) is 11.3. The Morgan fingerprint density at radius 2 is 1.97 bits per heavy atom. The second-order valence-corrected chi connectivity index (χ2v) is 8.07. The highest BCUT2D eigenvalue weighted by atomic mass is 16.5. The predicted octanol–water partition coefficient (Wildman–Crippen LogP) is 2.10. The van der Waals surface area contributed by atoms with Gasteiger partial charge >= 0.3 is 0 Å². The summed E-state index contributed by atoms with van der Waals surface area (Å²) in [7, 11) is 0. The molecule has 9 heteroatoms. The number of amides is 3. The predicted molar refractivity (Wildman–Crippen MR) is 127 cm³/mol. The van der Waals surface area contributed by atoms with Crippen LogP contribution in [0.1, 0.15) is 18.9 Å². The Morgan fingerprint density at radius 1 is 1.21 bits per heavy atom. The van der Waals surface area contributed by atoms with Crippen LogP contribution in [0.3, 0.4) is 0 Å². The van der Waals surface area contributed by atoms with Crippen molar-refractivity contribution in [2.75, 3.05) is 43.1 Å². The van der Waals surface area contributed by atoms with Crippen LogP contribution in [0.4, 0.5) is 11.4 Å². The average molecular weight is 465 g/mol. The van der Waals surface area contributed by atoms with Crippen LogP contribution >= 0.6 is 0 Å². The quantitative estimate of drug-likeness (QED) is 0.630. The Morgan fingerprint density at radius 3 is 2.68 bits per heavy atom. The van der Waals surface area contributed by atoms with Crippen LogP contribution in [0.5, 0.6) is 0 Å². The van der Waals surface area contributed by atoms with Gasteiger partial charge < -0.3 is 24.6 Å². The molecule has 2 saturated heterocycles. The molecule has 4 rings (SSSR count). The Balaban J connectivity index is 1.43. The lowest BCUT2D eigenvalue weighted by atomic mass is 10.1. The largest absolute Gasteiger partial charge is 0.377 e. The summed E-state index contributed by atoms with van der Waals surface area (Å²) in [6.45, 7) is 3.81. The number of hydrogen-bond acceptors (Lipinski definition) is 6. The lowest BCUT2D eigenvalue weighted by molar-refractivity contribution is -0.132. The normalized spacial score (nSPS) is 20.7. The van der Waals surface area contributed by atoms with E-state index >= 15 is 0 Å². The molecule has 2 aromatic rings. The summed E-state index contributed by atoms with van der Waals surface area (Å²) in [6, 6.07) is 10.0. The highest BCUT2D eigenvalue weighted by Gasteiger charge is 2.39. The topological polar surface area (TPSA) is 101 Å². The molecule has 0 bridgehead atoms. The smallest absolute Gasteiger partial charge is 0.253 e. The third-order valence-corrected chi connectivity index (χ3v) is 5.81. The second kappa shape index (κ2) is 11.0. The van der Waals surface area contributed by atoms with Gasteiger partial charge in [0, 0.05) is 56.0 Å².